The quantitative estimate of drug-likeness (QED) is 0.345. The molecule has 0 spiro atoms. The first-order chi connectivity index (χ1) is 16.6. The van der Waals surface area contributed by atoms with Gasteiger partial charge in [0.15, 0.2) is 0 Å². The maximum atomic E-state index is 3.68. The summed E-state index contributed by atoms with van der Waals surface area (Å²) in [5.74, 6) is 0.685. The number of benzene rings is 3. The molecular formula is C32H32N2. The highest BCUT2D eigenvalue weighted by Crippen LogP contribution is 2.41. The number of rotatable bonds is 3. The van der Waals surface area contributed by atoms with Crippen LogP contribution in [0, 0.1) is 12.8 Å². The van der Waals surface area contributed by atoms with Crippen LogP contribution < -0.4 is 5.32 Å². The van der Waals surface area contributed by atoms with Gasteiger partial charge in [-0.15, -0.1) is 0 Å². The minimum Gasteiger partial charge on any atom is -0.378 e. The molecule has 0 amide bonds. The standard InChI is InChI=1S/C32H32N2/c1-4-5-22-16-23(7-6-21(22)2)24-8-11-30-28(18-24)20-29-19-25(9-12-31(29)33-30)26-10-13-32-27(17-26)14-15-34(32)3/h4-13,16,18-19,27,33H,14-15,17,20H2,1-3H3/b5-4-. The predicted molar refractivity (Wildman–Crippen MR) is 145 cm³/mol. The number of anilines is 2. The van der Waals surface area contributed by atoms with E-state index in [-0.39, 0.29) is 0 Å². The highest BCUT2D eigenvalue weighted by Gasteiger charge is 2.28. The average molecular weight is 445 g/mol. The SMILES string of the molecule is C/C=C\c1cc(-c2ccc3c(c2)Cc2cc(C4=CC=C5C(CCN5C)C4)ccc2N3)ccc1C. The largest absolute Gasteiger partial charge is 0.378 e. The van der Waals surface area contributed by atoms with Gasteiger partial charge in [-0.05, 0) is 108 Å². The number of fused-ring (bicyclic) bond motifs is 3. The molecule has 2 aliphatic heterocycles. The fourth-order valence-electron chi connectivity index (χ4n) is 5.77. The molecule has 2 heterocycles. The zero-order valence-electron chi connectivity index (χ0n) is 20.4. The van der Waals surface area contributed by atoms with Gasteiger partial charge in [-0.3, -0.25) is 0 Å². The molecule has 0 aromatic heterocycles. The van der Waals surface area contributed by atoms with Crippen LogP contribution in [0.5, 0.6) is 0 Å². The Morgan fingerprint density at radius 3 is 2.38 bits per heavy atom. The van der Waals surface area contributed by atoms with Gasteiger partial charge in [0, 0.05) is 43.0 Å². The van der Waals surface area contributed by atoms with E-state index in [0.29, 0.717) is 5.92 Å². The number of aryl methyl sites for hydroxylation is 1. The summed E-state index contributed by atoms with van der Waals surface area (Å²) in [5, 5.41) is 3.68. The molecule has 1 N–H and O–H groups in total. The van der Waals surface area contributed by atoms with Crippen LogP contribution in [0.1, 0.15) is 47.6 Å². The topological polar surface area (TPSA) is 15.3 Å². The molecule has 0 bridgehead atoms. The Labute approximate surface area is 203 Å². The maximum absolute atomic E-state index is 3.68. The van der Waals surface area contributed by atoms with Gasteiger partial charge < -0.3 is 10.2 Å². The summed E-state index contributed by atoms with van der Waals surface area (Å²) in [7, 11) is 2.22. The number of hydrogen-bond donors (Lipinski definition) is 1. The van der Waals surface area contributed by atoms with Crippen LogP contribution in [0.3, 0.4) is 0 Å². The van der Waals surface area contributed by atoms with E-state index in [0.717, 1.165) is 12.8 Å². The second kappa shape index (κ2) is 8.36. The fourth-order valence-corrected chi connectivity index (χ4v) is 5.77. The third kappa shape index (κ3) is 3.68. The van der Waals surface area contributed by atoms with Crippen LogP contribution in [-0.2, 0) is 6.42 Å². The number of nitrogens with one attached hydrogen (secondary N) is 1. The molecule has 6 rings (SSSR count). The Balaban J connectivity index is 1.30. The van der Waals surface area contributed by atoms with Crippen LogP contribution in [0.15, 0.2) is 78.5 Å². The summed E-state index contributed by atoms with van der Waals surface area (Å²) in [6.07, 6.45) is 12.4. The third-order valence-electron chi connectivity index (χ3n) is 7.78. The van der Waals surface area contributed by atoms with Crippen LogP contribution in [0.4, 0.5) is 11.4 Å². The van der Waals surface area contributed by atoms with E-state index in [4.69, 9.17) is 0 Å². The molecule has 2 nitrogen and oxygen atoms in total. The number of nitrogens with zero attached hydrogens (tertiary/aromatic N) is 1. The fraction of sp³-hybridized carbons (Fsp3) is 0.250. The Bertz CT molecular complexity index is 1370. The van der Waals surface area contributed by atoms with E-state index in [1.807, 2.05) is 0 Å². The molecule has 0 saturated carbocycles. The first-order valence-corrected chi connectivity index (χ1v) is 12.5. The molecule has 1 aliphatic carbocycles. The van der Waals surface area contributed by atoms with Gasteiger partial charge in [0.1, 0.15) is 0 Å². The van der Waals surface area contributed by atoms with Gasteiger partial charge in [0.2, 0.25) is 0 Å². The summed E-state index contributed by atoms with van der Waals surface area (Å²) in [6, 6.07) is 20.6. The molecule has 3 aliphatic rings. The molecule has 3 aromatic carbocycles. The van der Waals surface area contributed by atoms with E-state index in [9.17, 15) is 0 Å². The zero-order valence-corrected chi connectivity index (χ0v) is 20.4. The molecule has 2 heteroatoms. The monoisotopic (exact) mass is 444 g/mol. The van der Waals surface area contributed by atoms with Crippen molar-refractivity contribution < 1.29 is 0 Å². The van der Waals surface area contributed by atoms with E-state index in [2.05, 4.69) is 110 Å². The van der Waals surface area contributed by atoms with E-state index < -0.39 is 0 Å². The van der Waals surface area contributed by atoms with Gasteiger partial charge in [-0.2, -0.15) is 0 Å². The highest BCUT2D eigenvalue weighted by molar-refractivity contribution is 5.79. The summed E-state index contributed by atoms with van der Waals surface area (Å²) in [4.78, 5) is 2.42. The zero-order chi connectivity index (χ0) is 23.2. The molecule has 1 fully saturated rings. The van der Waals surface area contributed by atoms with E-state index in [1.165, 1.54) is 74.6 Å². The normalized spacial score (nSPS) is 18.7. The van der Waals surface area contributed by atoms with E-state index in [1.54, 1.807) is 0 Å². The van der Waals surface area contributed by atoms with Crippen molar-refractivity contribution in [1.29, 1.82) is 0 Å². The lowest BCUT2D eigenvalue weighted by molar-refractivity contribution is 0.475. The Kier molecular flexibility index (Phi) is 5.17. The van der Waals surface area contributed by atoms with Crippen molar-refractivity contribution in [3.63, 3.8) is 0 Å². The predicted octanol–water partition coefficient (Wildman–Crippen LogP) is 7.97. The Morgan fingerprint density at radius 2 is 1.59 bits per heavy atom. The molecule has 0 radical (unpaired) electrons. The van der Waals surface area contributed by atoms with Gasteiger partial charge in [-0.1, -0.05) is 42.5 Å². The van der Waals surface area contributed by atoms with Crippen LogP contribution in [0.2, 0.25) is 0 Å². The van der Waals surface area contributed by atoms with Crippen molar-refractivity contribution >= 4 is 23.0 Å². The molecule has 1 atom stereocenters. The second-order valence-electron chi connectivity index (χ2n) is 10.0. The maximum Gasteiger partial charge on any atom is 0.0420 e. The second-order valence-corrected chi connectivity index (χ2v) is 10.0. The lowest BCUT2D eigenvalue weighted by atomic mass is 9.86. The number of likely N-dealkylation sites (tertiary alicyclic amines) is 1. The molecule has 1 unspecified atom stereocenters. The smallest absolute Gasteiger partial charge is 0.0420 e. The molecule has 170 valence electrons. The van der Waals surface area contributed by atoms with Gasteiger partial charge in [0.25, 0.3) is 0 Å². The summed E-state index contributed by atoms with van der Waals surface area (Å²) < 4.78 is 0. The number of hydrogen-bond acceptors (Lipinski definition) is 2. The Morgan fingerprint density at radius 1 is 0.882 bits per heavy atom. The minimum atomic E-state index is 0.685. The van der Waals surface area contributed by atoms with Crippen LogP contribution in [0.25, 0.3) is 22.8 Å². The first kappa shape index (κ1) is 21.0. The average Bonchev–Trinajstić information content (AvgIpc) is 3.23. The van der Waals surface area contributed by atoms with Crippen LogP contribution >= 0.6 is 0 Å². The lowest BCUT2D eigenvalue weighted by Gasteiger charge is -2.25. The van der Waals surface area contributed by atoms with Crippen molar-refractivity contribution in [3.05, 3.63) is 106 Å². The lowest BCUT2D eigenvalue weighted by Crippen LogP contribution is -2.14. The molecule has 1 saturated heterocycles. The minimum absolute atomic E-state index is 0.685. The van der Waals surface area contributed by atoms with Crippen molar-refractivity contribution in [1.82, 2.24) is 4.90 Å². The van der Waals surface area contributed by atoms with Gasteiger partial charge in [0.05, 0.1) is 0 Å². The molecular weight excluding hydrogens is 412 g/mol. The first-order valence-electron chi connectivity index (χ1n) is 12.5. The van der Waals surface area contributed by atoms with E-state index >= 15 is 0 Å². The van der Waals surface area contributed by atoms with Crippen LogP contribution in [-0.4, -0.2) is 18.5 Å². The summed E-state index contributed by atoms with van der Waals surface area (Å²) in [6.45, 7) is 5.43. The van der Waals surface area contributed by atoms with Crippen molar-refractivity contribution in [2.24, 2.45) is 5.92 Å². The third-order valence-corrected chi connectivity index (χ3v) is 7.78. The highest BCUT2D eigenvalue weighted by atomic mass is 15.1. The van der Waals surface area contributed by atoms with Crippen molar-refractivity contribution in [3.8, 4) is 11.1 Å². The molecule has 34 heavy (non-hydrogen) atoms. The van der Waals surface area contributed by atoms with Crippen molar-refractivity contribution in [2.75, 3.05) is 18.9 Å². The number of allylic oxidation sites excluding steroid dienone is 5. The molecule has 3 aromatic rings. The van der Waals surface area contributed by atoms with Crippen molar-refractivity contribution in [2.45, 2.75) is 33.1 Å². The van der Waals surface area contributed by atoms with Gasteiger partial charge in [-0.25, -0.2) is 0 Å². The van der Waals surface area contributed by atoms with Gasteiger partial charge >= 0.3 is 0 Å². The summed E-state index contributed by atoms with van der Waals surface area (Å²) >= 11 is 0. The Hall–Kier alpha value is -3.52. The summed E-state index contributed by atoms with van der Waals surface area (Å²) in [5.41, 5.74) is 14.7.